The van der Waals surface area contributed by atoms with Crippen molar-refractivity contribution in [3.05, 3.63) is 65.0 Å². The van der Waals surface area contributed by atoms with Crippen LogP contribution >= 0.6 is 0 Å². The minimum absolute atomic E-state index is 0.276. The van der Waals surface area contributed by atoms with E-state index < -0.39 is 0 Å². The van der Waals surface area contributed by atoms with E-state index in [1.807, 2.05) is 63.2 Å². The Hall–Kier alpha value is -2.66. The largest absolute Gasteiger partial charge is 0.488 e. The fraction of sp³-hybridized carbons (Fsp3) is 0.263. The van der Waals surface area contributed by atoms with Crippen LogP contribution in [-0.4, -0.2) is 10.1 Å². The summed E-state index contributed by atoms with van der Waals surface area (Å²) in [5, 5.41) is 4.01. The van der Waals surface area contributed by atoms with Gasteiger partial charge in [0.1, 0.15) is 12.4 Å². The Labute approximate surface area is 141 Å². The molecular weight excluding hydrogens is 302 g/mol. The lowest BCUT2D eigenvalue weighted by Gasteiger charge is -2.13. The molecule has 5 heteroatoms. The molecule has 24 heavy (non-hydrogen) atoms. The van der Waals surface area contributed by atoms with Crippen LogP contribution in [0.1, 0.15) is 35.5 Å². The molecule has 0 amide bonds. The highest BCUT2D eigenvalue weighted by Crippen LogP contribution is 2.30. The van der Waals surface area contributed by atoms with Crippen LogP contribution in [0.3, 0.4) is 0 Å². The molecule has 0 spiro atoms. The van der Waals surface area contributed by atoms with Crippen LogP contribution in [0.5, 0.6) is 5.75 Å². The molecule has 0 saturated heterocycles. The van der Waals surface area contributed by atoms with Gasteiger partial charge in [0, 0.05) is 5.56 Å². The first-order chi connectivity index (χ1) is 11.5. The number of nitrogens with zero attached hydrogens (tertiary/aromatic N) is 2. The standard InChI is InChI=1S/C19H21N3O2/c1-12-9-16(18-21-19(14(3)20)24-22-18)10-13(2)17(12)23-11-15-7-5-4-6-8-15/h4-10,14H,11,20H2,1-3H3/t14-/m0/s1. The van der Waals surface area contributed by atoms with E-state index in [1.54, 1.807) is 0 Å². The topological polar surface area (TPSA) is 74.2 Å². The van der Waals surface area contributed by atoms with Gasteiger partial charge in [-0.25, -0.2) is 0 Å². The van der Waals surface area contributed by atoms with Crippen LogP contribution in [0.2, 0.25) is 0 Å². The summed E-state index contributed by atoms with van der Waals surface area (Å²) in [5.74, 6) is 1.87. The molecule has 1 heterocycles. The van der Waals surface area contributed by atoms with E-state index >= 15 is 0 Å². The van der Waals surface area contributed by atoms with Crippen LogP contribution in [0.25, 0.3) is 11.4 Å². The van der Waals surface area contributed by atoms with Crippen molar-refractivity contribution < 1.29 is 9.26 Å². The smallest absolute Gasteiger partial charge is 0.243 e. The summed E-state index contributed by atoms with van der Waals surface area (Å²) in [7, 11) is 0. The van der Waals surface area contributed by atoms with Crippen molar-refractivity contribution >= 4 is 0 Å². The highest BCUT2D eigenvalue weighted by molar-refractivity contribution is 5.61. The van der Waals surface area contributed by atoms with Gasteiger partial charge in [0.05, 0.1) is 6.04 Å². The van der Waals surface area contributed by atoms with Gasteiger partial charge in [0.25, 0.3) is 0 Å². The molecule has 2 aromatic carbocycles. The Kier molecular flexibility index (Phi) is 4.62. The molecule has 5 nitrogen and oxygen atoms in total. The second-order valence-corrected chi connectivity index (χ2v) is 5.96. The molecule has 2 N–H and O–H groups in total. The Morgan fingerprint density at radius 2 is 1.79 bits per heavy atom. The van der Waals surface area contributed by atoms with Crippen LogP contribution in [-0.2, 0) is 6.61 Å². The Morgan fingerprint density at radius 3 is 2.38 bits per heavy atom. The van der Waals surface area contributed by atoms with E-state index in [0.29, 0.717) is 18.3 Å². The Morgan fingerprint density at radius 1 is 1.12 bits per heavy atom. The number of benzene rings is 2. The maximum Gasteiger partial charge on any atom is 0.243 e. The predicted molar refractivity (Wildman–Crippen MR) is 92.6 cm³/mol. The van der Waals surface area contributed by atoms with Gasteiger partial charge in [-0.3, -0.25) is 0 Å². The molecule has 0 radical (unpaired) electrons. The maximum absolute atomic E-state index is 6.00. The molecule has 124 valence electrons. The molecule has 1 atom stereocenters. The van der Waals surface area contributed by atoms with Crippen molar-refractivity contribution in [3.63, 3.8) is 0 Å². The number of ether oxygens (including phenoxy) is 1. The summed E-state index contributed by atoms with van der Waals surface area (Å²) in [6, 6.07) is 13.8. The third-order valence-electron chi connectivity index (χ3n) is 3.78. The van der Waals surface area contributed by atoms with Crippen molar-refractivity contribution in [2.45, 2.75) is 33.4 Å². The molecule has 0 aliphatic carbocycles. The zero-order valence-electron chi connectivity index (χ0n) is 14.1. The van der Waals surface area contributed by atoms with Crippen molar-refractivity contribution in [3.8, 4) is 17.1 Å². The number of aromatic nitrogens is 2. The normalized spacial score (nSPS) is 12.2. The number of hydrogen-bond donors (Lipinski definition) is 1. The molecule has 0 saturated carbocycles. The zero-order valence-corrected chi connectivity index (χ0v) is 14.1. The van der Waals surface area contributed by atoms with Gasteiger partial charge in [0.2, 0.25) is 11.7 Å². The number of hydrogen-bond acceptors (Lipinski definition) is 5. The summed E-state index contributed by atoms with van der Waals surface area (Å²) in [4.78, 5) is 4.34. The van der Waals surface area contributed by atoms with Gasteiger partial charge in [-0.2, -0.15) is 4.98 Å². The van der Waals surface area contributed by atoms with Crippen molar-refractivity contribution in [1.29, 1.82) is 0 Å². The van der Waals surface area contributed by atoms with Crippen LogP contribution in [0.15, 0.2) is 47.0 Å². The molecule has 0 aliphatic rings. The Balaban J connectivity index is 1.82. The van der Waals surface area contributed by atoms with Gasteiger partial charge >= 0.3 is 0 Å². The molecule has 0 fully saturated rings. The first-order valence-electron chi connectivity index (χ1n) is 7.92. The first-order valence-corrected chi connectivity index (χ1v) is 7.92. The van der Waals surface area contributed by atoms with Crippen molar-refractivity contribution in [2.24, 2.45) is 5.73 Å². The van der Waals surface area contributed by atoms with Gasteiger partial charge < -0.3 is 15.0 Å². The monoisotopic (exact) mass is 323 g/mol. The van der Waals surface area contributed by atoms with Crippen molar-refractivity contribution in [1.82, 2.24) is 10.1 Å². The quantitative estimate of drug-likeness (QED) is 0.769. The van der Waals surface area contributed by atoms with Crippen LogP contribution in [0.4, 0.5) is 0 Å². The zero-order chi connectivity index (χ0) is 17.1. The summed E-state index contributed by atoms with van der Waals surface area (Å²) in [6.45, 7) is 6.39. The SMILES string of the molecule is Cc1cc(-c2noc([C@H](C)N)n2)cc(C)c1OCc1ccccc1. The molecule has 0 bridgehead atoms. The van der Waals surface area contributed by atoms with E-state index in [2.05, 4.69) is 10.1 Å². The summed E-state index contributed by atoms with van der Waals surface area (Å²) >= 11 is 0. The van der Waals surface area contributed by atoms with Crippen molar-refractivity contribution in [2.75, 3.05) is 0 Å². The highest BCUT2D eigenvalue weighted by atomic mass is 16.5. The van der Waals surface area contributed by atoms with E-state index in [1.165, 1.54) is 0 Å². The third-order valence-corrected chi connectivity index (χ3v) is 3.78. The van der Waals surface area contributed by atoms with E-state index in [-0.39, 0.29) is 6.04 Å². The lowest BCUT2D eigenvalue weighted by atomic mass is 10.1. The van der Waals surface area contributed by atoms with Gasteiger partial charge in [0.15, 0.2) is 0 Å². The molecule has 1 aromatic heterocycles. The van der Waals surface area contributed by atoms with E-state index in [4.69, 9.17) is 15.0 Å². The average molecular weight is 323 g/mol. The van der Waals surface area contributed by atoms with Crippen LogP contribution in [0, 0.1) is 13.8 Å². The fourth-order valence-corrected chi connectivity index (χ4v) is 2.57. The average Bonchev–Trinajstić information content (AvgIpc) is 3.05. The summed E-state index contributed by atoms with van der Waals surface area (Å²) < 4.78 is 11.2. The first kappa shape index (κ1) is 16.2. The number of rotatable bonds is 5. The summed E-state index contributed by atoms with van der Waals surface area (Å²) in [5.41, 5.74) is 9.87. The summed E-state index contributed by atoms with van der Waals surface area (Å²) in [6.07, 6.45) is 0. The van der Waals surface area contributed by atoms with Gasteiger partial charge in [-0.05, 0) is 49.6 Å². The predicted octanol–water partition coefficient (Wildman–Crippen LogP) is 3.95. The molecular formula is C19H21N3O2. The molecule has 3 aromatic rings. The minimum Gasteiger partial charge on any atom is -0.488 e. The van der Waals surface area contributed by atoms with E-state index in [0.717, 1.165) is 28.0 Å². The van der Waals surface area contributed by atoms with Gasteiger partial charge in [-0.1, -0.05) is 35.5 Å². The molecule has 0 unspecified atom stereocenters. The molecule has 0 aliphatic heterocycles. The lowest BCUT2D eigenvalue weighted by Crippen LogP contribution is -2.04. The number of aryl methyl sites for hydroxylation is 2. The number of nitrogens with two attached hydrogens (primary N) is 1. The molecule has 3 rings (SSSR count). The van der Waals surface area contributed by atoms with E-state index in [9.17, 15) is 0 Å². The lowest BCUT2D eigenvalue weighted by molar-refractivity contribution is 0.302. The minimum atomic E-state index is -0.276. The second-order valence-electron chi connectivity index (χ2n) is 5.96. The van der Waals surface area contributed by atoms with Gasteiger partial charge in [-0.15, -0.1) is 0 Å². The Bertz CT molecular complexity index is 803. The highest BCUT2D eigenvalue weighted by Gasteiger charge is 2.14. The maximum atomic E-state index is 6.00. The second kappa shape index (κ2) is 6.84. The van der Waals surface area contributed by atoms with Crippen LogP contribution < -0.4 is 10.5 Å². The fourth-order valence-electron chi connectivity index (χ4n) is 2.57. The third kappa shape index (κ3) is 3.46.